The van der Waals surface area contributed by atoms with Crippen LogP contribution < -0.4 is 14.8 Å². The summed E-state index contributed by atoms with van der Waals surface area (Å²) in [6.45, 7) is 2.42. The molecular formula is C18H20ClNO4. The third kappa shape index (κ3) is 3.77. The second kappa shape index (κ2) is 7.78. The summed E-state index contributed by atoms with van der Waals surface area (Å²) in [4.78, 5) is 12.6. The minimum Gasteiger partial charge on any atom is -0.489 e. The molecule has 1 amide bonds. The Labute approximate surface area is 146 Å². The van der Waals surface area contributed by atoms with Gasteiger partial charge in [0.05, 0.1) is 24.3 Å². The van der Waals surface area contributed by atoms with E-state index in [-0.39, 0.29) is 17.9 Å². The average Bonchev–Trinajstić information content (AvgIpc) is 2.86. The molecule has 1 N–H and O–H groups in total. The number of fused-ring (bicyclic) bond motifs is 1. The van der Waals surface area contributed by atoms with Gasteiger partial charge >= 0.3 is 0 Å². The molecule has 1 atom stereocenters. The molecule has 2 aliphatic rings. The SMILES string of the molecule is C#C[C@@H](NC(=O)c1cc(Cl)c2c(c1)OCCCO2)C1CCOCC1. The van der Waals surface area contributed by atoms with Crippen LogP contribution in [-0.2, 0) is 4.74 Å². The first-order valence-electron chi connectivity index (χ1n) is 8.13. The Kier molecular flexibility index (Phi) is 5.49. The molecule has 24 heavy (non-hydrogen) atoms. The van der Waals surface area contributed by atoms with Crippen molar-refractivity contribution < 1.29 is 19.0 Å². The Morgan fingerprint density at radius 1 is 1.25 bits per heavy atom. The van der Waals surface area contributed by atoms with Crippen molar-refractivity contribution in [1.29, 1.82) is 0 Å². The molecular weight excluding hydrogens is 330 g/mol. The molecule has 1 aromatic rings. The fraction of sp³-hybridized carbons (Fsp3) is 0.500. The molecule has 1 fully saturated rings. The molecule has 1 aromatic carbocycles. The van der Waals surface area contributed by atoms with E-state index in [1.54, 1.807) is 12.1 Å². The normalized spacial score (nSPS) is 19.0. The number of terminal acetylenes is 1. The minimum atomic E-state index is -0.323. The van der Waals surface area contributed by atoms with Gasteiger partial charge in [-0.3, -0.25) is 4.79 Å². The zero-order valence-electron chi connectivity index (χ0n) is 13.3. The fourth-order valence-corrected chi connectivity index (χ4v) is 3.20. The van der Waals surface area contributed by atoms with E-state index < -0.39 is 0 Å². The van der Waals surface area contributed by atoms with Gasteiger partial charge in [0.15, 0.2) is 11.5 Å². The molecule has 0 aliphatic carbocycles. The molecule has 6 heteroatoms. The summed E-state index contributed by atoms with van der Waals surface area (Å²) in [5.41, 5.74) is 0.413. The van der Waals surface area contributed by atoms with Crippen LogP contribution in [0.25, 0.3) is 0 Å². The maximum atomic E-state index is 12.6. The van der Waals surface area contributed by atoms with Crippen molar-refractivity contribution >= 4 is 17.5 Å². The van der Waals surface area contributed by atoms with Crippen LogP contribution in [0, 0.1) is 18.3 Å². The number of hydrogen-bond acceptors (Lipinski definition) is 4. The van der Waals surface area contributed by atoms with Crippen molar-refractivity contribution in [3.05, 3.63) is 22.7 Å². The van der Waals surface area contributed by atoms with E-state index in [9.17, 15) is 4.79 Å². The highest BCUT2D eigenvalue weighted by molar-refractivity contribution is 6.32. The number of carbonyl (C=O) groups is 1. The first-order chi connectivity index (χ1) is 11.7. The highest BCUT2D eigenvalue weighted by atomic mass is 35.5. The summed E-state index contributed by atoms with van der Waals surface area (Å²) < 4.78 is 16.5. The van der Waals surface area contributed by atoms with Crippen molar-refractivity contribution in [1.82, 2.24) is 5.32 Å². The van der Waals surface area contributed by atoms with Gasteiger partial charge in [-0.2, -0.15) is 0 Å². The monoisotopic (exact) mass is 349 g/mol. The highest BCUT2D eigenvalue weighted by Crippen LogP contribution is 2.38. The number of amides is 1. The quantitative estimate of drug-likeness (QED) is 0.852. The molecule has 1 saturated heterocycles. The molecule has 0 aromatic heterocycles. The summed E-state index contributed by atoms with van der Waals surface area (Å²) in [6.07, 6.45) is 8.08. The predicted molar refractivity (Wildman–Crippen MR) is 90.7 cm³/mol. The Balaban J connectivity index is 1.75. The number of rotatable bonds is 3. The van der Waals surface area contributed by atoms with E-state index >= 15 is 0 Å². The number of carbonyl (C=O) groups excluding carboxylic acids is 1. The summed E-state index contributed by atoms with van der Waals surface area (Å²) in [5.74, 6) is 3.63. The van der Waals surface area contributed by atoms with Crippen LogP contribution in [0.1, 0.15) is 29.6 Å². The first kappa shape index (κ1) is 16.9. The Morgan fingerprint density at radius 2 is 2.00 bits per heavy atom. The lowest BCUT2D eigenvalue weighted by Gasteiger charge is -2.27. The lowest BCUT2D eigenvalue weighted by atomic mass is 9.92. The second-order valence-corrected chi connectivity index (χ2v) is 6.31. The minimum absolute atomic E-state index is 0.226. The van der Waals surface area contributed by atoms with Crippen LogP contribution in [-0.4, -0.2) is 38.4 Å². The molecule has 0 saturated carbocycles. The van der Waals surface area contributed by atoms with E-state index in [2.05, 4.69) is 11.2 Å². The van der Waals surface area contributed by atoms with Gasteiger partial charge in [0, 0.05) is 25.2 Å². The Bertz CT molecular complexity index is 649. The highest BCUT2D eigenvalue weighted by Gasteiger charge is 2.25. The number of halogens is 1. The molecule has 0 radical (unpaired) electrons. The van der Waals surface area contributed by atoms with Crippen molar-refractivity contribution in [3.63, 3.8) is 0 Å². The van der Waals surface area contributed by atoms with Crippen molar-refractivity contribution in [2.75, 3.05) is 26.4 Å². The fourth-order valence-electron chi connectivity index (χ4n) is 2.93. The smallest absolute Gasteiger partial charge is 0.252 e. The summed E-state index contributed by atoms with van der Waals surface area (Å²) >= 11 is 6.24. The van der Waals surface area contributed by atoms with E-state index in [0.29, 0.717) is 48.5 Å². The predicted octanol–water partition coefficient (Wildman–Crippen LogP) is 2.66. The first-order valence-corrected chi connectivity index (χ1v) is 8.50. The Morgan fingerprint density at radius 3 is 2.75 bits per heavy atom. The third-order valence-corrected chi connectivity index (χ3v) is 4.55. The second-order valence-electron chi connectivity index (χ2n) is 5.90. The number of ether oxygens (including phenoxy) is 3. The van der Waals surface area contributed by atoms with Crippen LogP contribution in [0.2, 0.25) is 5.02 Å². The largest absolute Gasteiger partial charge is 0.489 e. The van der Waals surface area contributed by atoms with Crippen LogP contribution in [0.4, 0.5) is 0 Å². The molecule has 2 heterocycles. The van der Waals surface area contributed by atoms with E-state index in [1.807, 2.05) is 0 Å². The van der Waals surface area contributed by atoms with Gasteiger partial charge < -0.3 is 19.5 Å². The van der Waals surface area contributed by atoms with E-state index in [0.717, 1.165) is 19.3 Å². The number of hydrogen-bond donors (Lipinski definition) is 1. The molecule has 3 rings (SSSR count). The summed E-state index contributed by atoms with van der Waals surface area (Å²) in [5, 5.41) is 3.28. The maximum Gasteiger partial charge on any atom is 0.252 e. The van der Waals surface area contributed by atoms with Crippen molar-refractivity contribution in [2.45, 2.75) is 25.3 Å². The van der Waals surface area contributed by atoms with Gasteiger partial charge in [0.25, 0.3) is 5.91 Å². The Hall–Kier alpha value is -1.90. The lowest BCUT2D eigenvalue weighted by molar-refractivity contribution is 0.0579. The van der Waals surface area contributed by atoms with Crippen LogP contribution in [0.3, 0.4) is 0 Å². The van der Waals surface area contributed by atoms with Crippen molar-refractivity contribution in [2.24, 2.45) is 5.92 Å². The summed E-state index contributed by atoms with van der Waals surface area (Å²) in [6, 6.07) is 2.91. The zero-order valence-corrected chi connectivity index (χ0v) is 14.1. The zero-order chi connectivity index (χ0) is 16.9. The van der Waals surface area contributed by atoms with Crippen LogP contribution in [0.5, 0.6) is 11.5 Å². The third-order valence-electron chi connectivity index (χ3n) is 4.27. The molecule has 0 spiro atoms. The van der Waals surface area contributed by atoms with E-state index in [1.165, 1.54) is 0 Å². The van der Waals surface area contributed by atoms with E-state index in [4.69, 9.17) is 32.2 Å². The molecule has 5 nitrogen and oxygen atoms in total. The lowest BCUT2D eigenvalue weighted by Crippen LogP contribution is -2.41. The summed E-state index contributed by atoms with van der Waals surface area (Å²) in [7, 11) is 0. The maximum absolute atomic E-state index is 12.6. The number of nitrogens with one attached hydrogen (secondary N) is 1. The molecule has 128 valence electrons. The average molecular weight is 350 g/mol. The topological polar surface area (TPSA) is 56.8 Å². The standard InChI is InChI=1S/C18H20ClNO4/c1-2-15(12-4-8-22-9-5-12)20-18(21)13-10-14(19)17-16(11-13)23-6-3-7-24-17/h1,10-12,15H,3-9H2,(H,20,21)/t15-/m1/s1. The molecule has 0 unspecified atom stereocenters. The van der Waals surface area contributed by atoms with Gasteiger partial charge in [-0.1, -0.05) is 17.5 Å². The molecule has 0 bridgehead atoms. The van der Waals surface area contributed by atoms with Gasteiger partial charge in [0.1, 0.15) is 0 Å². The van der Waals surface area contributed by atoms with Crippen molar-refractivity contribution in [3.8, 4) is 23.8 Å². The van der Waals surface area contributed by atoms with Gasteiger partial charge in [-0.15, -0.1) is 6.42 Å². The van der Waals surface area contributed by atoms with Crippen LogP contribution >= 0.6 is 11.6 Å². The van der Waals surface area contributed by atoms with Gasteiger partial charge in [-0.05, 0) is 30.9 Å². The number of benzene rings is 1. The van der Waals surface area contributed by atoms with Gasteiger partial charge in [0.2, 0.25) is 0 Å². The van der Waals surface area contributed by atoms with Crippen LogP contribution in [0.15, 0.2) is 12.1 Å². The molecule has 2 aliphatic heterocycles. The van der Waals surface area contributed by atoms with Gasteiger partial charge in [-0.25, -0.2) is 0 Å².